The van der Waals surface area contributed by atoms with Crippen LogP contribution < -0.4 is 11.1 Å². The van der Waals surface area contributed by atoms with Crippen LogP contribution in [0.25, 0.3) is 0 Å². The third kappa shape index (κ3) is 3.35. The minimum absolute atomic E-state index is 0.0392. The van der Waals surface area contributed by atoms with Crippen molar-refractivity contribution < 1.29 is 4.74 Å². The second kappa shape index (κ2) is 6.25. The first-order chi connectivity index (χ1) is 11.3. The Balaban J connectivity index is 1.43. The molecule has 2 aromatic rings. The molecule has 0 radical (unpaired) electrons. The maximum Gasteiger partial charge on any atom is 0.144 e. The third-order valence-corrected chi connectivity index (χ3v) is 4.51. The Morgan fingerprint density at radius 1 is 1.26 bits per heavy atom. The summed E-state index contributed by atoms with van der Waals surface area (Å²) in [5, 5.41) is 7.99. The van der Waals surface area contributed by atoms with Gasteiger partial charge in [0.1, 0.15) is 17.7 Å². The number of rotatable bonds is 6. The van der Waals surface area contributed by atoms with E-state index < -0.39 is 0 Å². The summed E-state index contributed by atoms with van der Waals surface area (Å²) in [6.45, 7) is 2.36. The van der Waals surface area contributed by atoms with Gasteiger partial charge in [0, 0.05) is 31.6 Å². The fourth-order valence-electron chi connectivity index (χ4n) is 3.09. The monoisotopic (exact) mass is 314 g/mol. The van der Waals surface area contributed by atoms with Gasteiger partial charge in [-0.15, -0.1) is 0 Å². The van der Waals surface area contributed by atoms with Gasteiger partial charge in [-0.05, 0) is 37.3 Å². The van der Waals surface area contributed by atoms with Crippen LogP contribution >= 0.6 is 0 Å². The summed E-state index contributed by atoms with van der Waals surface area (Å²) in [5.41, 5.74) is 6.87. The van der Waals surface area contributed by atoms with Gasteiger partial charge >= 0.3 is 0 Å². The van der Waals surface area contributed by atoms with Gasteiger partial charge in [-0.25, -0.2) is 9.97 Å². The maximum absolute atomic E-state index is 5.98. The molecule has 122 valence electrons. The van der Waals surface area contributed by atoms with Crippen molar-refractivity contribution in [3.63, 3.8) is 0 Å². The first kappa shape index (κ1) is 14.6. The van der Waals surface area contributed by atoms with E-state index in [1.54, 1.807) is 12.3 Å². The molecule has 0 aromatic carbocycles. The van der Waals surface area contributed by atoms with E-state index in [9.17, 15) is 0 Å². The van der Waals surface area contributed by atoms with E-state index in [1.807, 2.05) is 6.20 Å². The van der Waals surface area contributed by atoms with Crippen molar-refractivity contribution >= 4 is 5.82 Å². The zero-order chi connectivity index (χ0) is 15.6. The SMILES string of the molecule is Nc1ccnc(CN[C@H]2CCO[C@@H]2c2ccnn2CC2CC2)n1. The van der Waals surface area contributed by atoms with E-state index in [0.29, 0.717) is 18.2 Å². The highest BCUT2D eigenvalue weighted by atomic mass is 16.5. The minimum atomic E-state index is 0.0392. The molecule has 7 nitrogen and oxygen atoms in total. The summed E-state index contributed by atoms with van der Waals surface area (Å²) in [7, 11) is 0. The summed E-state index contributed by atoms with van der Waals surface area (Å²) in [5.74, 6) is 2.00. The fourth-order valence-corrected chi connectivity index (χ4v) is 3.09. The van der Waals surface area contributed by atoms with Gasteiger partial charge in [-0.2, -0.15) is 5.10 Å². The van der Waals surface area contributed by atoms with Crippen molar-refractivity contribution in [3.8, 4) is 0 Å². The smallest absolute Gasteiger partial charge is 0.144 e. The average Bonchev–Trinajstić information content (AvgIpc) is 3.05. The Bertz CT molecular complexity index is 668. The normalized spacial score (nSPS) is 24.2. The van der Waals surface area contributed by atoms with Crippen molar-refractivity contribution in [3.05, 3.63) is 36.0 Å². The number of nitrogens with two attached hydrogens (primary N) is 1. The Hall–Kier alpha value is -1.99. The molecule has 2 fully saturated rings. The van der Waals surface area contributed by atoms with Gasteiger partial charge in [0.15, 0.2) is 0 Å². The topological polar surface area (TPSA) is 90.9 Å². The highest BCUT2D eigenvalue weighted by Gasteiger charge is 2.33. The number of nitrogens with zero attached hydrogens (tertiary/aromatic N) is 4. The molecule has 2 aromatic heterocycles. The second-order valence-corrected chi connectivity index (χ2v) is 6.35. The molecule has 2 atom stereocenters. The lowest BCUT2D eigenvalue weighted by Gasteiger charge is -2.21. The highest BCUT2D eigenvalue weighted by Crippen LogP contribution is 2.34. The maximum atomic E-state index is 5.98. The van der Waals surface area contributed by atoms with Crippen LogP contribution in [0.4, 0.5) is 5.82 Å². The highest BCUT2D eigenvalue weighted by molar-refractivity contribution is 5.25. The quantitative estimate of drug-likeness (QED) is 0.835. The van der Waals surface area contributed by atoms with Crippen molar-refractivity contribution in [1.29, 1.82) is 0 Å². The largest absolute Gasteiger partial charge is 0.384 e. The lowest BCUT2D eigenvalue weighted by molar-refractivity contribution is 0.0905. The van der Waals surface area contributed by atoms with Gasteiger partial charge in [-0.3, -0.25) is 4.68 Å². The molecular weight excluding hydrogens is 292 g/mol. The van der Waals surface area contributed by atoms with Gasteiger partial charge in [0.25, 0.3) is 0 Å². The Morgan fingerprint density at radius 3 is 3.00 bits per heavy atom. The van der Waals surface area contributed by atoms with E-state index in [4.69, 9.17) is 10.5 Å². The fraction of sp³-hybridized carbons (Fsp3) is 0.562. The number of hydrogen-bond donors (Lipinski definition) is 2. The van der Waals surface area contributed by atoms with Gasteiger partial charge < -0.3 is 15.8 Å². The molecule has 2 aliphatic rings. The van der Waals surface area contributed by atoms with Crippen LogP contribution in [0.3, 0.4) is 0 Å². The molecule has 0 spiro atoms. The molecule has 3 heterocycles. The van der Waals surface area contributed by atoms with Crippen molar-refractivity contribution in [2.24, 2.45) is 5.92 Å². The molecular formula is C16H22N6O. The predicted molar refractivity (Wildman–Crippen MR) is 85.3 cm³/mol. The van der Waals surface area contributed by atoms with E-state index >= 15 is 0 Å². The van der Waals surface area contributed by atoms with Crippen molar-refractivity contribution in [1.82, 2.24) is 25.1 Å². The molecule has 3 N–H and O–H groups in total. The number of aromatic nitrogens is 4. The molecule has 1 saturated carbocycles. The third-order valence-electron chi connectivity index (χ3n) is 4.51. The zero-order valence-electron chi connectivity index (χ0n) is 13.1. The van der Waals surface area contributed by atoms with Crippen LogP contribution in [0.1, 0.15) is 36.9 Å². The van der Waals surface area contributed by atoms with Crippen LogP contribution in [0.5, 0.6) is 0 Å². The van der Waals surface area contributed by atoms with Gasteiger partial charge in [0.05, 0.1) is 12.2 Å². The van der Waals surface area contributed by atoms with Crippen molar-refractivity contribution in [2.75, 3.05) is 12.3 Å². The zero-order valence-corrected chi connectivity index (χ0v) is 13.1. The molecule has 1 saturated heterocycles. The van der Waals surface area contributed by atoms with Gasteiger partial charge in [-0.1, -0.05) is 0 Å². The molecule has 0 bridgehead atoms. The lowest BCUT2D eigenvalue weighted by atomic mass is 10.1. The Morgan fingerprint density at radius 2 is 2.17 bits per heavy atom. The van der Waals surface area contributed by atoms with Crippen LogP contribution in [-0.4, -0.2) is 32.4 Å². The standard InChI is InChI=1S/C16H22N6O/c17-14-4-6-18-15(21-14)9-19-12-5-8-23-16(12)13-3-7-20-22(13)10-11-1-2-11/h3-4,6-7,11-12,16,19H,1-2,5,8-10H2,(H2,17,18,21)/t12-,16-/m0/s1. The number of nitrogens with one attached hydrogen (secondary N) is 1. The van der Waals surface area contributed by atoms with Crippen LogP contribution in [0, 0.1) is 5.92 Å². The van der Waals surface area contributed by atoms with Crippen LogP contribution in [0.2, 0.25) is 0 Å². The molecule has 4 rings (SSSR count). The number of hydrogen-bond acceptors (Lipinski definition) is 6. The summed E-state index contributed by atoms with van der Waals surface area (Å²) in [6.07, 6.45) is 7.21. The second-order valence-electron chi connectivity index (χ2n) is 6.35. The van der Waals surface area contributed by atoms with E-state index in [2.05, 4.69) is 31.1 Å². The molecule has 1 aliphatic carbocycles. The molecule has 23 heavy (non-hydrogen) atoms. The summed E-state index contributed by atoms with van der Waals surface area (Å²) < 4.78 is 8.09. The number of ether oxygens (including phenoxy) is 1. The Labute approximate surface area is 135 Å². The minimum Gasteiger partial charge on any atom is -0.384 e. The van der Waals surface area contributed by atoms with E-state index in [1.165, 1.54) is 18.5 Å². The Kier molecular flexibility index (Phi) is 3.97. The molecule has 7 heteroatoms. The first-order valence-corrected chi connectivity index (χ1v) is 8.23. The van der Waals surface area contributed by atoms with Gasteiger partial charge in [0.2, 0.25) is 0 Å². The molecule has 0 unspecified atom stereocenters. The lowest BCUT2D eigenvalue weighted by Crippen LogP contribution is -2.33. The number of anilines is 1. The first-order valence-electron chi connectivity index (χ1n) is 8.23. The van der Waals surface area contributed by atoms with E-state index in [0.717, 1.165) is 25.5 Å². The average molecular weight is 314 g/mol. The summed E-state index contributed by atoms with van der Waals surface area (Å²) in [4.78, 5) is 8.47. The van der Waals surface area contributed by atoms with E-state index in [-0.39, 0.29) is 12.1 Å². The summed E-state index contributed by atoms with van der Waals surface area (Å²) in [6, 6.07) is 4.01. The molecule has 1 aliphatic heterocycles. The van der Waals surface area contributed by atoms with Crippen molar-refractivity contribution in [2.45, 2.75) is 44.5 Å². The number of nitrogen functional groups attached to an aromatic ring is 1. The summed E-state index contributed by atoms with van der Waals surface area (Å²) >= 11 is 0. The molecule has 0 amide bonds. The predicted octanol–water partition coefficient (Wildman–Crippen LogP) is 1.29. The van der Waals surface area contributed by atoms with Crippen LogP contribution in [-0.2, 0) is 17.8 Å². The van der Waals surface area contributed by atoms with Crippen LogP contribution in [0.15, 0.2) is 24.5 Å².